The summed E-state index contributed by atoms with van der Waals surface area (Å²) in [5.41, 5.74) is 5.78. The fourth-order valence-electron chi connectivity index (χ4n) is 0.881. The maximum Gasteiger partial charge on any atom is 0.144 e. The fraction of sp³-hybridized carbons (Fsp3) is 0.333. The van der Waals surface area contributed by atoms with E-state index in [-0.39, 0.29) is 10.7 Å². The summed E-state index contributed by atoms with van der Waals surface area (Å²) in [6, 6.07) is 2.55. The van der Waals surface area contributed by atoms with Crippen LogP contribution in [0.4, 0.5) is 10.1 Å². The molecule has 0 atom stereocenters. The lowest BCUT2D eigenvalue weighted by atomic mass is 10.3. The van der Waals surface area contributed by atoms with E-state index < -0.39 is 5.82 Å². The molecule has 4 heteroatoms. The van der Waals surface area contributed by atoms with Crippen LogP contribution in [0.25, 0.3) is 0 Å². The van der Waals surface area contributed by atoms with Gasteiger partial charge in [0.2, 0.25) is 0 Å². The van der Waals surface area contributed by atoms with Crippen LogP contribution in [0.15, 0.2) is 12.1 Å². The first-order valence-corrected chi connectivity index (χ1v) is 4.40. The van der Waals surface area contributed by atoms with Crippen molar-refractivity contribution >= 4 is 17.3 Å². The number of hydrogen-bond acceptors (Lipinski definition) is 2. The van der Waals surface area contributed by atoms with Crippen LogP contribution >= 0.6 is 11.6 Å². The maximum atomic E-state index is 12.8. The van der Waals surface area contributed by atoms with Gasteiger partial charge >= 0.3 is 0 Å². The first-order chi connectivity index (χ1) is 6.15. The monoisotopic (exact) mass is 203 g/mol. The Morgan fingerprint density at radius 2 is 2.23 bits per heavy atom. The van der Waals surface area contributed by atoms with Crippen LogP contribution in [-0.4, -0.2) is 6.61 Å². The molecule has 1 aromatic carbocycles. The van der Waals surface area contributed by atoms with Gasteiger partial charge in [0.15, 0.2) is 0 Å². The van der Waals surface area contributed by atoms with Crippen molar-refractivity contribution in [3.63, 3.8) is 0 Å². The van der Waals surface area contributed by atoms with Crippen molar-refractivity contribution in [2.75, 3.05) is 12.3 Å². The molecule has 0 bridgehead atoms. The molecule has 0 saturated carbocycles. The SMILES string of the molecule is CCCOc1cc(Cl)c(F)cc1N. The van der Waals surface area contributed by atoms with Crippen LogP contribution in [0.3, 0.4) is 0 Å². The molecular weight excluding hydrogens is 193 g/mol. The summed E-state index contributed by atoms with van der Waals surface area (Å²) in [5.74, 6) is -0.0868. The van der Waals surface area contributed by atoms with Gasteiger partial charge in [0, 0.05) is 12.1 Å². The highest BCUT2D eigenvalue weighted by Gasteiger charge is 2.06. The van der Waals surface area contributed by atoms with E-state index in [1.807, 2.05) is 6.92 Å². The van der Waals surface area contributed by atoms with E-state index in [1.165, 1.54) is 6.07 Å². The van der Waals surface area contributed by atoms with Gasteiger partial charge in [-0.3, -0.25) is 0 Å². The van der Waals surface area contributed by atoms with E-state index in [9.17, 15) is 4.39 Å². The van der Waals surface area contributed by atoms with Crippen LogP contribution in [-0.2, 0) is 0 Å². The first kappa shape index (κ1) is 10.1. The maximum absolute atomic E-state index is 12.8. The number of nitrogens with two attached hydrogens (primary N) is 1. The molecule has 0 aliphatic carbocycles. The van der Waals surface area contributed by atoms with E-state index in [1.54, 1.807) is 0 Å². The lowest BCUT2D eigenvalue weighted by Crippen LogP contribution is -1.99. The Hall–Kier alpha value is -0.960. The van der Waals surface area contributed by atoms with Crippen LogP contribution in [0, 0.1) is 5.82 Å². The van der Waals surface area contributed by atoms with Gasteiger partial charge in [0.25, 0.3) is 0 Å². The lowest BCUT2D eigenvalue weighted by molar-refractivity contribution is 0.318. The third-order valence-corrected chi connectivity index (χ3v) is 1.80. The fourth-order valence-corrected chi connectivity index (χ4v) is 1.03. The Balaban J connectivity index is 2.88. The van der Waals surface area contributed by atoms with Crippen molar-refractivity contribution in [3.8, 4) is 5.75 Å². The van der Waals surface area contributed by atoms with Crippen molar-refractivity contribution < 1.29 is 9.13 Å². The number of nitrogen functional groups attached to an aromatic ring is 1. The number of benzene rings is 1. The zero-order chi connectivity index (χ0) is 9.84. The van der Waals surface area contributed by atoms with Gasteiger partial charge < -0.3 is 10.5 Å². The minimum Gasteiger partial charge on any atom is -0.491 e. The second kappa shape index (κ2) is 4.33. The third kappa shape index (κ3) is 2.49. The summed E-state index contributed by atoms with van der Waals surface area (Å²) >= 11 is 5.55. The number of anilines is 1. The van der Waals surface area contributed by atoms with Crippen molar-refractivity contribution in [2.24, 2.45) is 0 Å². The highest BCUT2D eigenvalue weighted by Crippen LogP contribution is 2.28. The Labute approximate surface area is 81.4 Å². The zero-order valence-corrected chi connectivity index (χ0v) is 8.07. The lowest BCUT2D eigenvalue weighted by Gasteiger charge is -2.08. The number of hydrogen-bond donors (Lipinski definition) is 1. The Bertz CT molecular complexity index is 304. The molecule has 13 heavy (non-hydrogen) atoms. The highest BCUT2D eigenvalue weighted by atomic mass is 35.5. The number of rotatable bonds is 3. The smallest absolute Gasteiger partial charge is 0.144 e. The van der Waals surface area contributed by atoms with Crippen molar-refractivity contribution in [1.82, 2.24) is 0 Å². The molecule has 0 aliphatic rings. The van der Waals surface area contributed by atoms with E-state index >= 15 is 0 Å². The molecule has 0 unspecified atom stereocenters. The Morgan fingerprint density at radius 3 is 2.85 bits per heavy atom. The molecular formula is C9H11ClFNO. The van der Waals surface area contributed by atoms with Crippen LogP contribution < -0.4 is 10.5 Å². The number of halogens is 2. The van der Waals surface area contributed by atoms with Gasteiger partial charge in [0.05, 0.1) is 17.3 Å². The van der Waals surface area contributed by atoms with Crippen LogP contribution in [0.5, 0.6) is 5.75 Å². The standard InChI is InChI=1S/C9H11ClFNO/c1-2-3-13-9-4-6(10)7(11)5-8(9)12/h4-5H,2-3,12H2,1H3. The molecule has 0 aromatic heterocycles. The summed E-state index contributed by atoms with van der Waals surface area (Å²) in [7, 11) is 0. The molecule has 0 fully saturated rings. The quantitative estimate of drug-likeness (QED) is 0.767. The van der Waals surface area contributed by atoms with E-state index in [0.717, 1.165) is 12.5 Å². The predicted molar refractivity (Wildman–Crippen MR) is 51.6 cm³/mol. The van der Waals surface area contributed by atoms with Crippen molar-refractivity contribution in [1.29, 1.82) is 0 Å². The molecule has 0 amide bonds. The Kier molecular flexibility index (Phi) is 3.37. The van der Waals surface area contributed by atoms with Gasteiger partial charge in [-0.2, -0.15) is 0 Å². The molecule has 0 radical (unpaired) electrons. The summed E-state index contributed by atoms with van der Waals surface area (Å²) in [4.78, 5) is 0. The van der Waals surface area contributed by atoms with E-state index in [0.29, 0.717) is 12.4 Å². The molecule has 0 heterocycles. The van der Waals surface area contributed by atoms with Gasteiger partial charge in [-0.05, 0) is 6.42 Å². The number of ether oxygens (including phenoxy) is 1. The van der Waals surface area contributed by atoms with Crippen LogP contribution in [0.1, 0.15) is 13.3 Å². The van der Waals surface area contributed by atoms with Crippen molar-refractivity contribution in [2.45, 2.75) is 13.3 Å². The summed E-state index contributed by atoms with van der Waals surface area (Å²) in [6.45, 7) is 2.52. The predicted octanol–water partition coefficient (Wildman–Crippen LogP) is 2.85. The largest absolute Gasteiger partial charge is 0.491 e. The summed E-state index contributed by atoms with van der Waals surface area (Å²) in [5, 5.41) is 0.0281. The molecule has 0 aliphatic heterocycles. The Morgan fingerprint density at radius 1 is 1.54 bits per heavy atom. The second-order valence-electron chi connectivity index (χ2n) is 2.65. The van der Waals surface area contributed by atoms with E-state index in [2.05, 4.69) is 0 Å². The van der Waals surface area contributed by atoms with Gasteiger partial charge in [-0.1, -0.05) is 18.5 Å². The van der Waals surface area contributed by atoms with Crippen LogP contribution in [0.2, 0.25) is 5.02 Å². The minimum atomic E-state index is -0.525. The summed E-state index contributed by atoms with van der Waals surface area (Å²) in [6.07, 6.45) is 0.869. The summed E-state index contributed by atoms with van der Waals surface area (Å²) < 4.78 is 18.1. The first-order valence-electron chi connectivity index (χ1n) is 4.02. The molecule has 0 saturated heterocycles. The zero-order valence-electron chi connectivity index (χ0n) is 7.31. The molecule has 72 valence electrons. The van der Waals surface area contributed by atoms with Gasteiger partial charge in [-0.25, -0.2) is 4.39 Å². The molecule has 0 spiro atoms. The topological polar surface area (TPSA) is 35.2 Å². The third-order valence-electron chi connectivity index (χ3n) is 1.51. The minimum absolute atomic E-state index is 0.0281. The molecule has 2 nitrogen and oxygen atoms in total. The average molecular weight is 204 g/mol. The highest BCUT2D eigenvalue weighted by molar-refractivity contribution is 6.31. The molecule has 1 rings (SSSR count). The molecule has 2 N–H and O–H groups in total. The molecule has 1 aromatic rings. The van der Waals surface area contributed by atoms with Crippen molar-refractivity contribution in [3.05, 3.63) is 23.0 Å². The normalized spacial score (nSPS) is 10.1. The average Bonchev–Trinajstić information content (AvgIpc) is 2.09. The van der Waals surface area contributed by atoms with E-state index in [4.69, 9.17) is 22.1 Å². The van der Waals surface area contributed by atoms with Gasteiger partial charge in [-0.15, -0.1) is 0 Å². The second-order valence-corrected chi connectivity index (χ2v) is 3.06. The van der Waals surface area contributed by atoms with Gasteiger partial charge in [0.1, 0.15) is 11.6 Å².